The SMILES string of the molecule is CCCCCCCCCCCCCCC[C@@H]1OC[C@@H](COC(=O)CCCCCC[n+]2ccsc2)O1. The number of aryl methyl sites for hydroxylation is 1. The Morgan fingerprint density at radius 3 is 2.17 bits per heavy atom. The van der Waals surface area contributed by atoms with E-state index in [4.69, 9.17) is 14.2 Å². The Morgan fingerprint density at radius 1 is 0.886 bits per heavy atom. The number of aromatic nitrogens is 1. The molecule has 0 radical (unpaired) electrons. The van der Waals surface area contributed by atoms with Crippen molar-refractivity contribution in [1.29, 1.82) is 0 Å². The quantitative estimate of drug-likeness (QED) is 0.0858. The molecule has 2 atom stereocenters. The average molecular weight is 511 g/mol. The summed E-state index contributed by atoms with van der Waals surface area (Å²) < 4.78 is 19.3. The van der Waals surface area contributed by atoms with Gasteiger partial charge in [-0.25, -0.2) is 0 Å². The number of nitrogens with zero attached hydrogens (tertiary/aromatic N) is 1. The highest BCUT2D eigenvalue weighted by molar-refractivity contribution is 7.07. The van der Waals surface area contributed by atoms with E-state index in [1.54, 1.807) is 11.3 Å². The van der Waals surface area contributed by atoms with Gasteiger partial charge in [0.05, 0.1) is 12.0 Å². The predicted octanol–water partition coefficient (Wildman–Crippen LogP) is 7.75. The summed E-state index contributed by atoms with van der Waals surface area (Å²) in [6.45, 7) is 4.20. The fourth-order valence-electron chi connectivity index (χ4n) is 4.64. The molecule has 0 bridgehead atoms. The predicted molar refractivity (Wildman–Crippen MR) is 143 cm³/mol. The van der Waals surface area contributed by atoms with Crippen molar-refractivity contribution in [2.24, 2.45) is 0 Å². The van der Waals surface area contributed by atoms with Crippen LogP contribution in [0.2, 0.25) is 0 Å². The fourth-order valence-corrected chi connectivity index (χ4v) is 5.27. The molecule has 0 spiro atoms. The van der Waals surface area contributed by atoms with Crippen molar-refractivity contribution >= 4 is 17.3 Å². The maximum atomic E-state index is 12.0. The van der Waals surface area contributed by atoms with Crippen LogP contribution in [0.3, 0.4) is 0 Å². The number of hydrogen-bond donors (Lipinski definition) is 0. The third kappa shape index (κ3) is 16.4. The van der Waals surface area contributed by atoms with Crippen molar-refractivity contribution < 1.29 is 23.6 Å². The van der Waals surface area contributed by atoms with Crippen molar-refractivity contribution in [3.8, 4) is 0 Å². The van der Waals surface area contributed by atoms with Gasteiger partial charge in [-0.1, -0.05) is 102 Å². The van der Waals surface area contributed by atoms with Crippen LogP contribution in [-0.4, -0.2) is 31.6 Å². The Balaban J connectivity index is 1.31. The van der Waals surface area contributed by atoms with E-state index in [0.29, 0.717) is 19.6 Å². The van der Waals surface area contributed by atoms with Crippen LogP contribution in [0, 0.1) is 0 Å². The number of esters is 1. The van der Waals surface area contributed by atoms with Gasteiger partial charge >= 0.3 is 5.97 Å². The molecule has 2 heterocycles. The van der Waals surface area contributed by atoms with Crippen LogP contribution in [0.25, 0.3) is 0 Å². The van der Waals surface area contributed by atoms with Crippen LogP contribution in [0.4, 0.5) is 0 Å². The molecule has 1 saturated heterocycles. The Labute approximate surface area is 218 Å². The zero-order chi connectivity index (χ0) is 24.8. The van der Waals surface area contributed by atoms with Gasteiger partial charge in [0.15, 0.2) is 12.5 Å². The van der Waals surface area contributed by atoms with E-state index in [1.165, 1.54) is 77.0 Å². The molecule has 1 aromatic rings. The van der Waals surface area contributed by atoms with Crippen molar-refractivity contribution in [2.45, 2.75) is 148 Å². The smallest absolute Gasteiger partial charge is 0.305 e. The Kier molecular flexibility index (Phi) is 18.3. The normalized spacial score (nSPS) is 17.7. The summed E-state index contributed by atoms with van der Waals surface area (Å²) >= 11 is 1.72. The van der Waals surface area contributed by atoms with Gasteiger partial charge < -0.3 is 14.2 Å². The molecular weight excluding hydrogens is 458 g/mol. The molecule has 202 valence electrons. The number of rotatable bonds is 23. The summed E-state index contributed by atoms with van der Waals surface area (Å²) in [5.74, 6) is -0.110. The van der Waals surface area contributed by atoms with Crippen molar-refractivity contribution in [3.63, 3.8) is 0 Å². The first kappa shape index (κ1) is 30.2. The number of carbonyl (C=O) groups excluding carboxylic acids is 1. The monoisotopic (exact) mass is 510 g/mol. The third-order valence-electron chi connectivity index (χ3n) is 6.86. The first-order valence-electron chi connectivity index (χ1n) is 14.6. The lowest BCUT2D eigenvalue weighted by molar-refractivity contribution is -0.692. The summed E-state index contributed by atoms with van der Waals surface area (Å²) in [6, 6.07) is 0. The van der Waals surface area contributed by atoms with Gasteiger partial charge in [-0.05, 0) is 25.7 Å². The van der Waals surface area contributed by atoms with Gasteiger partial charge in [-0.2, -0.15) is 4.57 Å². The number of hydrogen-bond acceptors (Lipinski definition) is 5. The maximum absolute atomic E-state index is 12.0. The molecule has 1 aliphatic heterocycles. The number of ether oxygens (including phenoxy) is 3. The summed E-state index contributed by atoms with van der Waals surface area (Å²) in [7, 11) is 0. The summed E-state index contributed by atoms with van der Waals surface area (Å²) in [5.41, 5.74) is 2.14. The zero-order valence-electron chi connectivity index (χ0n) is 22.4. The van der Waals surface area contributed by atoms with Crippen LogP contribution in [0.1, 0.15) is 129 Å². The minimum absolute atomic E-state index is 0.103. The van der Waals surface area contributed by atoms with E-state index in [0.717, 1.165) is 45.1 Å². The second-order valence-corrected chi connectivity index (χ2v) is 10.9. The second-order valence-electron chi connectivity index (χ2n) is 10.2. The number of thiazole rings is 1. The van der Waals surface area contributed by atoms with Gasteiger partial charge in [0.1, 0.15) is 19.3 Å². The molecule has 5 nitrogen and oxygen atoms in total. The highest BCUT2D eigenvalue weighted by Crippen LogP contribution is 2.19. The maximum Gasteiger partial charge on any atom is 0.305 e. The van der Waals surface area contributed by atoms with Crippen molar-refractivity contribution in [3.05, 3.63) is 17.1 Å². The van der Waals surface area contributed by atoms with E-state index in [-0.39, 0.29) is 18.4 Å². The van der Waals surface area contributed by atoms with E-state index in [2.05, 4.69) is 28.6 Å². The third-order valence-corrected chi connectivity index (χ3v) is 7.53. The van der Waals surface area contributed by atoms with Crippen molar-refractivity contribution in [2.75, 3.05) is 13.2 Å². The number of unbranched alkanes of at least 4 members (excludes halogenated alkanes) is 15. The van der Waals surface area contributed by atoms with Crippen LogP contribution in [-0.2, 0) is 25.5 Å². The molecular formula is C29H52NO4S+. The standard InChI is InChI=1S/C29H52NO4S/c1-2-3-4-5-6-7-8-9-10-11-12-13-17-20-29-33-25-27(34-29)24-32-28(31)19-16-14-15-18-21-30-22-23-35-26-30/h22-23,26-27,29H,2-21,24-25H2,1H3/q+1/t27-,29-/m1/s1. The average Bonchev–Trinajstić information content (AvgIpc) is 3.55. The lowest BCUT2D eigenvalue weighted by Gasteiger charge is -2.12. The van der Waals surface area contributed by atoms with Crippen LogP contribution < -0.4 is 4.57 Å². The Hall–Kier alpha value is -0.980. The largest absolute Gasteiger partial charge is 0.463 e. The zero-order valence-corrected chi connectivity index (χ0v) is 23.2. The minimum atomic E-state index is -0.118. The molecule has 0 N–H and O–H groups in total. The van der Waals surface area contributed by atoms with E-state index >= 15 is 0 Å². The topological polar surface area (TPSA) is 48.6 Å². The molecule has 35 heavy (non-hydrogen) atoms. The van der Waals surface area contributed by atoms with Crippen LogP contribution in [0.15, 0.2) is 17.1 Å². The molecule has 6 heteroatoms. The van der Waals surface area contributed by atoms with E-state index in [1.807, 2.05) is 0 Å². The first-order valence-corrected chi connectivity index (χ1v) is 15.6. The van der Waals surface area contributed by atoms with Crippen LogP contribution >= 0.6 is 11.3 Å². The summed E-state index contributed by atoms with van der Waals surface area (Å²) in [6.07, 6.45) is 25.3. The molecule has 1 fully saturated rings. The minimum Gasteiger partial charge on any atom is -0.463 e. The van der Waals surface area contributed by atoms with Gasteiger partial charge in [0, 0.05) is 12.8 Å². The highest BCUT2D eigenvalue weighted by Gasteiger charge is 2.26. The van der Waals surface area contributed by atoms with Gasteiger partial charge in [0.25, 0.3) is 0 Å². The lowest BCUT2D eigenvalue weighted by atomic mass is 10.0. The van der Waals surface area contributed by atoms with Gasteiger partial charge in [0.2, 0.25) is 5.51 Å². The second kappa shape index (κ2) is 21.1. The van der Waals surface area contributed by atoms with Crippen molar-refractivity contribution in [1.82, 2.24) is 0 Å². The fraction of sp³-hybridized carbons (Fsp3) is 0.862. The molecule has 1 aromatic heterocycles. The highest BCUT2D eigenvalue weighted by atomic mass is 32.1. The molecule has 1 aliphatic rings. The Morgan fingerprint density at radius 2 is 1.51 bits per heavy atom. The Bertz CT molecular complexity index is 610. The lowest BCUT2D eigenvalue weighted by Crippen LogP contribution is -2.29. The molecule has 0 saturated carbocycles. The number of carbonyl (C=O) groups is 1. The molecule has 2 rings (SSSR count). The summed E-state index contributed by atoms with van der Waals surface area (Å²) in [4.78, 5) is 12.0. The van der Waals surface area contributed by atoms with Gasteiger partial charge in [-0.3, -0.25) is 4.79 Å². The molecule has 0 amide bonds. The molecule has 0 unspecified atom stereocenters. The van der Waals surface area contributed by atoms with Gasteiger partial charge in [-0.15, -0.1) is 0 Å². The first-order chi connectivity index (χ1) is 17.3. The summed E-state index contributed by atoms with van der Waals surface area (Å²) in [5, 5.41) is 2.09. The molecule has 0 aromatic carbocycles. The van der Waals surface area contributed by atoms with E-state index < -0.39 is 0 Å². The van der Waals surface area contributed by atoms with E-state index in [9.17, 15) is 4.79 Å². The van der Waals surface area contributed by atoms with Crippen LogP contribution in [0.5, 0.6) is 0 Å². The molecule has 0 aliphatic carbocycles.